The number of Topliss-reactive ketones (excluding diaryl/α,β-unsaturated/α-hetero) is 1. The maximum absolute atomic E-state index is 12.4. The van der Waals surface area contributed by atoms with Crippen LogP contribution in [0.3, 0.4) is 0 Å². The van der Waals surface area contributed by atoms with E-state index < -0.39 is 12.0 Å². The molecule has 25 heavy (non-hydrogen) atoms. The minimum Gasteiger partial charge on any atom is -0.456 e. The molecule has 0 saturated carbocycles. The van der Waals surface area contributed by atoms with E-state index in [1.165, 1.54) is 0 Å². The summed E-state index contributed by atoms with van der Waals surface area (Å²) in [5.74, 6) is -1.18. The predicted octanol–water partition coefficient (Wildman–Crippen LogP) is 1.61. The van der Waals surface area contributed by atoms with Gasteiger partial charge in [0, 0.05) is 5.56 Å². The fourth-order valence-electron chi connectivity index (χ4n) is 2.84. The molecule has 136 valence electrons. The van der Waals surface area contributed by atoms with Gasteiger partial charge in [0.15, 0.2) is 12.4 Å². The highest BCUT2D eigenvalue weighted by Gasteiger charge is 2.29. The van der Waals surface area contributed by atoms with Crippen molar-refractivity contribution in [3.63, 3.8) is 0 Å². The van der Waals surface area contributed by atoms with Crippen molar-refractivity contribution in [1.82, 2.24) is 10.6 Å². The Morgan fingerprint density at radius 3 is 2.60 bits per heavy atom. The number of nitrogens with one attached hydrogen (secondary N) is 2. The average molecular weight is 346 g/mol. The first-order chi connectivity index (χ1) is 11.9. The first-order valence-corrected chi connectivity index (χ1v) is 8.69. The van der Waals surface area contributed by atoms with Gasteiger partial charge in [-0.1, -0.05) is 32.0 Å². The van der Waals surface area contributed by atoms with Gasteiger partial charge in [-0.25, -0.2) is 4.79 Å². The van der Waals surface area contributed by atoms with Crippen LogP contribution in [0.2, 0.25) is 0 Å². The lowest BCUT2D eigenvalue weighted by atomic mass is 10.0. The largest absolute Gasteiger partial charge is 0.456 e. The van der Waals surface area contributed by atoms with E-state index in [-0.39, 0.29) is 30.3 Å². The van der Waals surface area contributed by atoms with Crippen LogP contribution in [0.4, 0.5) is 0 Å². The Morgan fingerprint density at radius 1 is 1.28 bits per heavy atom. The molecule has 1 aliphatic heterocycles. The maximum Gasteiger partial charge on any atom is 0.329 e. The van der Waals surface area contributed by atoms with E-state index in [0.717, 1.165) is 24.9 Å². The SMILES string of the molecule is Cc1ccccc1C(=O)N[C@H](C(=O)OCC(=O)C1CCCN1)C(C)C. The van der Waals surface area contributed by atoms with Crippen molar-refractivity contribution >= 4 is 17.7 Å². The molecule has 0 bridgehead atoms. The zero-order valence-corrected chi connectivity index (χ0v) is 15.0. The molecule has 1 aromatic rings. The number of esters is 1. The first-order valence-electron chi connectivity index (χ1n) is 8.69. The van der Waals surface area contributed by atoms with Crippen molar-refractivity contribution in [2.75, 3.05) is 13.2 Å². The van der Waals surface area contributed by atoms with Crippen LogP contribution in [-0.2, 0) is 14.3 Å². The number of carbonyl (C=O) groups excluding carboxylic acids is 3. The minimum absolute atomic E-state index is 0.126. The molecule has 1 aromatic carbocycles. The molecular weight excluding hydrogens is 320 g/mol. The molecule has 2 atom stereocenters. The van der Waals surface area contributed by atoms with Gasteiger partial charge in [-0.05, 0) is 43.9 Å². The van der Waals surface area contributed by atoms with Crippen LogP contribution in [0.1, 0.15) is 42.6 Å². The molecule has 2 rings (SSSR count). The lowest BCUT2D eigenvalue weighted by Crippen LogP contribution is -2.46. The van der Waals surface area contributed by atoms with E-state index in [0.29, 0.717) is 5.56 Å². The maximum atomic E-state index is 12.4. The van der Waals surface area contributed by atoms with Crippen molar-refractivity contribution in [3.05, 3.63) is 35.4 Å². The van der Waals surface area contributed by atoms with Gasteiger partial charge in [0.05, 0.1) is 6.04 Å². The van der Waals surface area contributed by atoms with Crippen LogP contribution in [0.15, 0.2) is 24.3 Å². The molecule has 1 saturated heterocycles. The van der Waals surface area contributed by atoms with Gasteiger partial charge in [-0.3, -0.25) is 9.59 Å². The lowest BCUT2D eigenvalue weighted by molar-refractivity contribution is -0.151. The molecule has 0 radical (unpaired) electrons. The second kappa shape index (κ2) is 8.76. The Hall–Kier alpha value is -2.21. The number of rotatable bonds is 7. The van der Waals surface area contributed by atoms with Crippen LogP contribution in [0, 0.1) is 12.8 Å². The summed E-state index contributed by atoms with van der Waals surface area (Å²) in [6.07, 6.45) is 1.72. The number of hydrogen-bond donors (Lipinski definition) is 2. The topological polar surface area (TPSA) is 84.5 Å². The zero-order chi connectivity index (χ0) is 18.4. The molecule has 0 aromatic heterocycles. The Bertz CT molecular complexity index is 636. The Morgan fingerprint density at radius 2 is 2.00 bits per heavy atom. The number of ether oxygens (including phenoxy) is 1. The molecule has 6 nitrogen and oxygen atoms in total. The predicted molar refractivity (Wildman–Crippen MR) is 94.3 cm³/mol. The van der Waals surface area contributed by atoms with Crippen molar-refractivity contribution < 1.29 is 19.1 Å². The second-order valence-electron chi connectivity index (χ2n) is 6.73. The third kappa shape index (κ3) is 5.13. The Kier molecular flexibility index (Phi) is 6.70. The van der Waals surface area contributed by atoms with E-state index in [1.54, 1.807) is 12.1 Å². The van der Waals surface area contributed by atoms with Crippen LogP contribution < -0.4 is 10.6 Å². The van der Waals surface area contributed by atoms with Gasteiger partial charge < -0.3 is 15.4 Å². The summed E-state index contributed by atoms with van der Waals surface area (Å²) in [6, 6.07) is 6.15. The van der Waals surface area contributed by atoms with Crippen molar-refractivity contribution in [2.45, 2.75) is 45.7 Å². The van der Waals surface area contributed by atoms with Crippen molar-refractivity contribution in [1.29, 1.82) is 0 Å². The summed E-state index contributed by atoms with van der Waals surface area (Å²) in [7, 11) is 0. The first kappa shape index (κ1) is 19.1. The van der Waals surface area contributed by atoms with E-state index in [9.17, 15) is 14.4 Å². The quantitative estimate of drug-likeness (QED) is 0.733. The monoisotopic (exact) mass is 346 g/mol. The molecule has 1 heterocycles. The summed E-state index contributed by atoms with van der Waals surface area (Å²) in [6.45, 7) is 6.03. The minimum atomic E-state index is -0.795. The highest BCUT2D eigenvalue weighted by atomic mass is 16.5. The second-order valence-corrected chi connectivity index (χ2v) is 6.73. The molecule has 0 spiro atoms. The Labute approximate surface area is 148 Å². The fraction of sp³-hybridized carbons (Fsp3) is 0.526. The third-order valence-electron chi connectivity index (χ3n) is 4.40. The number of ketones is 1. The van der Waals surface area contributed by atoms with Crippen molar-refractivity contribution in [3.8, 4) is 0 Å². The fourth-order valence-corrected chi connectivity index (χ4v) is 2.84. The van der Waals surface area contributed by atoms with Crippen molar-refractivity contribution in [2.24, 2.45) is 5.92 Å². The summed E-state index contributed by atoms with van der Waals surface area (Å²) in [4.78, 5) is 36.8. The summed E-state index contributed by atoms with van der Waals surface area (Å²) in [5, 5.41) is 5.81. The number of hydrogen-bond acceptors (Lipinski definition) is 5. The van der Waals surface area contributed by atoms with Gasteiger partial charge in [0.2, 0.25) is 0 Å². The van der Waals surface area contributed by atoms with E-state index >= 15 is 0 Å². The normalized spacial score (nSPS) is 18.0. The summed E-state index contributed by atoms with van der Waals surface area (Å²) in [5.41, 5.74) is 1.35. The number of benzene rings is 1. The van der Waals surface area contributed by atoms with Crippen LogP contribution in [0.5, 0.6) is 0 Å². The zero-order valence-electron chi connectivity index (χ0n) is 15.0. The van der Waals surface area contributed by atoms with Gasteiger partial charge in [0.1, 0.15) is 6.04 Å². The average Bonchev–Trinajstić information content (AvgIpc) is 3.11. The van der Waals surface area contributed by atoms with Crippen LogP contribution in [0.25, 0.3) is 0 Å². The molecule has 0 aliphatic carbocycles. The standard InChI is InChI=1S/C19H26N2O4/c1-12(2)17(21-18(23)14-8-5-4-7-13(14)3)19(24)25-11-16(22)15-9-6-10-20-15/h4-5,7-8,12,15,17,20H,6,9-11H2,1-3H3,(H,21,23)/t15?,17-/m0/s1. The van der Waals surface area contributed by atoms with Gasteiger partial charge in [0.25, 0.3) is 5.91 Å². The summed E-state index contributed by atoms with van der Waals surface area (Å²) < 4.78 is 5.16. The molecular formula is C19H26N2O4. The van der Waals surface area contributed by atoms with Crippen LogP contribution in [-0.4, -0.2) is 42.9 Å². The molecule has 1 aliphatic rings. The number of amides is 1. The molecule has 2 N–H and O–H groups in total. The van der Waals surface area contributed by atoms with E-state index in [4.69, 9.17) is 4.74 Å². The van der Waals surface area contributed by atoms with E-state index in [1.807, 2.05) is 32.9 Å². The third-order valence-corrected chi connectivity index (χ3v) is 4.40. The summed E-state index contributed by atoms with van der Waals surface area (Å²) >= 11 is 0. The van der Waals surface area contributed by atoms with Gasteiger partial charge in [-0.2, -0.15) is 0 Å². The van der Waals surface area contributed by atoms with Gasteiger partial charge >= 0.3 is 5.97 Å². The van der Waals surface area contributed by atoms with Gasteiger partial charge in [-0.15, -0.1) is 0 Å². The number of aryl methyl sites for hydroxylation is 1. The van der Waals surface area contributed by atoms with Crippen LogP contribution >= 0.6 is 0 Å². The molecule has 1 fully saturated rings. The number of carbonyl (C=O) groups is 3. The lowest BCUT2D eigenvalue weighted by Gasteiger charge is -2.21. The van der Waals surface area contributed by atoms with E-state index in [2.05, 4.69) is 10.6 Å². The highest BCUT2D eigenvalue weighted by molar-refractivity contribution is 5.98. The highest BCUT2D eigenvalue weighted by Crippen LogP contribution is 2.11. The smallest absolute Gasteiger partial charge is 0.329 e. The molecule has 6 heteroatoms. The molecule has 1 unspecified atom stereocenters. The Balaban J connectivity index is 1.95. The molecule has 1 amide bonds.